The lowest BCUT2D eigenvalue weighted by molar-refractivity contribution is 0.152. The van der Waals surface area contributed by atoms with E-state index < -0.39 is 0 Å². The number of benzene rings is 2. The highest BCUT2D eigenvalue weighted by Gasteiger charge is 2.23. The first-order chi connectivity index (χ1) is 9.24. The molecule has 0 aromatic heterocycles. The Bertz CT molecular complexity index is 560. The van der Waals surface area contributed by atoms with Crippen LogP contribution in [0.1, 0.15) is 30.9 Å². The Balaban J connectivity index is 1.75. The predicted octanol–water partition coefficient (Wildman–Crippen LogP) is 3.32. The van der Waals surface area contributed by atoms with E-state index in [4.69, 9.17) is 5.73 Å². The van der Waals surface area contributed by atoms with Crippen LogP contribution in [0.2, 0.25) is 0 Å². The topological polar surface area (TPSA) is 29.3 Å². The van der Waals surface area contributed by atoms with Crippen molar-refractivity contribution in [2.24, 2.45) is 5.73 Å². The number of hydrogen-bond acceptors (Lipinski definition) is 2. The maximum atomic E-state index is 6.36. The highest BCUT2D eigenvalue weighted by molar-refractivity contribution is 5.83. The molecule has 2 aromatic carbocycles. The number of nitrogens with two attached hydrogens (primary N) is 1. The van der Waals surface area contributed by atoms with Gasteiger partial charge in [0.2, 0.25) is 0 Å². The van der Waals surface area contributed by atoms with E-state index in [2.05, 4.69) is 54.4 Å². The van der Waals surface area contributed by atoms with Crippen molar-refractivity contribution < 1.29 is 0 Å². The molecule has 0 saturated heterocycles. The average Bonchev–Trinajstić information content (AvgIpc) is 2.36. The van der Waals surface area contributed by atoms with Crippen LogP contribution < -0.4 is 5.73 Å². The Morgan fingerprint density at radius 3 is 2.58 bits per heavy atom. The summed E-state index contributed by atoms with van der Waals surface area (Å²) in [7, 11) is 2.20. The third-order valence-corrected chi connectivity index (χ3v) is 4.38. The van der Waals surface area contributed by atoms with Gasteiger partial charge in [0.1, 0.15) is 0 Å². The molecular weight excluding hydrogens is 232 g/mol. The van der Waals surface area contributed by atoms with Gasteiger partial charge in [0.25, 0.3) is 0 Å². The lowest BCUT2D eigenvalue weighted by Gasteiger charge is -2.36. The number of rotatable bonds is 4. The molecule has 0 heterocycles. The minimum absolute atomic E-state index is 0.107. The van der Waals surface area contributed by atoms with E-state index in [1.807, 2.05) is 0 Å². The molecule has 2 aromatic rings. The SMILES string of the molecule is CN(CC(N)c1ccc2ccccc2c1)C1CCC1. The molecule has 2 N–H and O–H groups in total. The van der Waals surface area contributed by atoms with Gasteiger partial charge >= 0.3 is 0 Å². The van der Waals surface area contributed by atoms with Crippen LogP contribution in [0, 0.1) is 0 Å². The zero-order valence-corrected chi connectivity index (χ0v) is 11.5. The minimum atomic E-state index is 0.107. The maximum Gasteiger partial charge on any atom is 0.0424 e. The molecular formula is C17H22N2. The second-order valence-corrected chi connectivity index (χ2v) is 5.74. The monoisotopic (exact) mass is 254 g/mol. The normalized spacial score (nSPS) is 17.6. The van der Waals surface area contributed by atoms with Crippen molar-refractivity contribution in [2.75, 3.05) is 13.6 Å². The van der Waals surface area contributed by atoms with Gasteiger partial charge in [-0.3, -0.25) is 0 Å². The fourth-order valence-corrected chi connectivity index (χ4v) is 2.83. The minimum Gasteiger partial charge on any atom is -0.323 e. The number of nitrogens with zero attached hydrogens (tertiary/aromatic N) is 1. The summed E-state index contributed by atoms with van der Waals surface area (Å²) in [6.45, 7) is 0.947. The van der Waals surface area contributed by atoms with Gasteiger partial charge in [0.05, 0.1) is 0 Å². The zero-order valence-electron chi connectivity index (χ0n) is 11.5. The van der Waals surface area contributed by atoms with Crippen LogP contribution in [-0.2, 0) is 0 Å². The molecule has 2 nitrogen and oxygen atoms in total. The van der Waals surface area contributed by atoms with Crippen LogP contribution in [-0.4, -0.2) is 24.5 Å². The van der Waals surface area contributed by atoms with E-state index in [1.54, 1.807) is 0 Å². The number of fused-ring (bicyclic) bond motifs is 1. The molecule has 1 unspecified atom stereocenters. The van der Waals surface area contributed by atoms with Crippen molar-refractivity contribution in [2.45, 2.75) is 31.3 Å². The maximum absolute atomic E-state index is 6.36. The van der Waals surface area contributed by atoms with Gasteiger partial charge in [0, 0.05) is 18.6 Å². The van der Waals surface area contributed by atoms with Crippen molar-refractivity contribution in [1.29, 1.82) is 0 Å². The van der Waals surface area contributed by atoms with Crippen LogP contribution in [0.25, 0.3) is 10.8 Å². The summed E-state index contributed by atoms with van der Waals surface area (Å²) in [5.41, 5.74) is 7.60. The van der Waals surface area contributed by atoms with Crippen LogP contribution in [0.15, 0.2) is 42.5 Å². The molecule has 1 aliphatic carbocycles. The smallest absolute Gasteiger partial charge is 0.0424 e. The first-order valence-electron chi connectivity index (χ1n) is 7.18. The van der Waals surface area contributed by atoms with Crippen LogP contribution >= 0.6 is 0 Å². The first kappa shape index (κ1) is 12.6. The van der Waals surface area contributed by atoms with E-state index in [0.29, 0.717) is 0 Å². The first-order valence-corrected chi connectivity index (χ1v) is 7.18. The van der Waals surface area contributed by atoms with Crippen molar-refractivity contribution >= 4 is 10.8 Å². The molecule has 0 bridgehead atoms. The molecule has 3 rings (SSSR count). The van der Waals surface area contributed by atoms with E-state index in [-0.39, 0.29) is 6.04 Å². The lowest BCUT2D eigenvalue weighted by atomic mass is 9.91. The average molecular weight is 254 g/mol. The zero-order chi connectivity index (χ0) is 13.2. The molecule has 0 spiro atoms. The van der Waals surface area contributed by atoms with Crippen molar-refractivity contribution in [3.8, 4) is 0 Å². The number of likely N-dealkylation sites (N-methyl/N-ethyl adjacent to an activating group) is 1. The summed E-state index contributed by atoms with van der Waals surface area (Å²) >= 11 is 0. The molecule has 0 aliphatic heterocycles. The molecule has 1 saturated carbocycles. The molecule has 100 valence electrons. The van der Waals surface area contributed by atoms with Crippen molar-refractivity contribution in [3.05, 3.63) is 48.0 Å². The van der Waals surface area contributed by atoms with Gasteiger partial charge in [-0.1, -0.05) is 42.8 Å². The fourth-order valence-electron chi connectivity index (χ4n) is 2.83. The van der Waals surface area contributed by atoms with Crippen LogP contribution in [0.5, 0.6) is 0 Å². The summed E-state index contributed by atoms with van der Waals surface area (Å²) in [5.74, 6) is 0. The fraction of sp³-hybridized carbons (Fsp3) is 0.412. The highest BCUT2D eigenvalue weighted by Crippen LogP contribution is 2.26. The Labute approximate surface area is 115 Å². The summed E-state index contributed by atoms with van der Waals surface area (Å²) in [4.78, 5) is 2.42. The molecule has 2 heteroatoms. The quantitative estimate of drug-likeness (QED) is 0.907. The predicted molar refractivity (Wildman–Crippen MR) is 81.1 cm³/mol. The Hall–Kier alpha value is -1.38. The molecule has 1 atom stereocenters. The van der Waals surface area contributed by atoms with E-state index in [9.17, 15) is 0 Å². The molecule has 0 amide bonds. The Morgan fingerprint density at radius 1 is 1.16 bits per heavy atom. The molecule has 19 heavy (non-hydrogen) atoms. The Kier molecular flexibility index (Phi) is 3.54. The largest absolute Gasteiger partial charge is 0.323 e. The second kappa shape index (κ2) is 5.32. The van der Waals surface area contributed by atoms with Crippen molar-refractivity contribution in [3.63, 3.8) is 0 Å². The van der Waals surface area contributed by atoms with Crippen LogP contribution in [0.4, 0.5) is 0 Å². The van der Waals surface area contributed by atoms with Crippen molar-refractivity contribution in [1.82, 2.24) is 4.90 Å². The summed E-state index contributed by atoms with van der Waals surface area (Å²) in [5, 5.41) is 2.56. The van der Waals surface area contributed by atoms with Gasteiger partial charge in [-0.15, -0.1) is 0 Å². The lowest BCUT2D eigenvalue weighted by Crippen LogP contribution is -2.41. The summed E-state index contributed by atoms with van der Waals surface area (Å²) < 4.78 is 0. The standard InChI is InChI=1S/C17H22N2/c1-19(16-7-4-8-16)12-17(18)15-10-9-13-5-2-3-6-14(13)11-15/h2-3,5-6,9-11,16-17H,4,7-8,12,18H2,1H3. The summed E-state index contributed by atoms with van der Waals surface area (Å²) in [6, 6.07) is 15.9. The highest BCUT2D eigenvalue weighted by atomic mass is 15.1. The van der Waals surface area contributed by atoms with Gasteiger partial charge in [0.15, 0.2) is 0 Å². The Morgan fingerprint density at radius 2 is 1.89 bits per heavy atom. The molecule has 1 fully saturated rings. The van der Waals surface area contributed by atoms with Gasteiger partial charge in [-0.2, -0.15) is 0 Å². The third-order valence-electron chi connectivity index (χ3n) is 4.38. The van der Waals surface area contributed by atoms with E-state index in [1.165, 1.54) is 35.6 Å². The van der Waals surface area contributed by atoms with Crippen LogP contribution in [0.3, 0.4) is 0 Å². The van der Waals surface area contributed by atoms with Gasteiger partial charge < -0.3 is 10.6 Å². The number of hydrogen-bond donors (Lipinski definition) is 1. The third kappa shape index (κ3) is 2.65. The van der Waals surface area contributed by atoms with Gasteiger partial charge in [-0.05, 0) is 42.3 Å². The van der Waals surface area contributed by atoms with Gasteiger partial charge in [-0.25, -0.2) is 0 Å². The van der Waals surface area contributed by atoms with E-state index in [0.717, 1.165) is 12.6 Å². The van der Waals surface area contributed by atoms with E-state index >= 15 is 0 Å². The molecule has 1 aliphatic rings. The second-order valence-electron chi connectivity index (χ2n) is 5.74. The summed E-state index contributed by atoms with van der Waals surface area (Å²) in [6.07, 6.45) is 4.04. The molecule has 0 radical (unpaired) electrons.